The smallest absolute Gasteiger partial charge is 0.129 e. The molecule has 0 aliphatic carbocycles. The lowest BCUT2D eigenvalue weighted by Crippen LogP contribution is -2.13. The van der Waals surface area contributed by atoms with E-state index in [0.717, 1.165) is 0 Å². The second-order valence-electron chi connectivity index (χ2n) is 2.86. The molecular weight excluding hydrogens is 167 g/mol. The molecule has 1 atom stereocenters. The molecule has 1 rings (SSSR count). The number of nitrogens with zero attached hydrogens (tertiary/aromatic N) is 1. The highest BCUT2D eigenvalue weighted by Gasteiger charge is 2.08. The summed E-state index contributed by atoms with van der Waals surface area (Å²) < 4.78 is 13.3. The molecule has 1 aromatic rings. The normalized spacial score (nSPS) is 12.2. The van der Waals surface area contributed by atoms with Gasteiger partial charge in [-0.3, -0.25) is 0 Å². The van der Waals surface area contributed by atoms with Crippen LogP contribution < -0.4 is 5.32 Å². The minimum atomic E-state index is -0.332. The van der Waals surface area contributed by atoms with Crippen LogP contribution in [0.15, 0.2) is 18.2 Å². The molecule has 0 amide bonds. The van der Waals surface area contributed by atoms with Gasteiger partial charge in [0.2, 0.25) is 0 Å². The van der Waals surface area contributed by atoms with Crippen molar-refractivity contribution in [2.45, 2.75) is 13.0 Å². The van der Waals surface area contributed by atoms with Gasteiger partial charge in [-0.15, -0.1) is 0 Å². The molecule has 13 heavy (non-hydrogen) atoms. The summed E-state index contributed by atoms with van der Waals surface area (Å²) >= 11 is 0. The lowest BCUT2D eigenvalue weighted by molar-refractivity contribution is 0.561. The van der Waals surface area contributed by atoms with Gasteiger partial charge in [0.25, 0.3) is 0 Å². The summed E-state index contributed by atoms with van der Waals surface area (Å²) in [6.07, 6.45) is 0. The number of rotatable bonds is 2. The minimum absolute atomic E-state index is 0.0345. The first-order chi connectivity index (χ1) is 6.19. The minimum Gasteiger partial charge on any atom is -0.313 e. The lowest BCUT2D eigenvalue weighted by atomic mass is 10.1. The monoisotopic (exact) mass is 178 g/mol. The zero-order valence-electron chi connectivity index (χ0n) is 7.63. The van der Waals surface area contributed by atoms with Crippen molar-refractivity contribution in [2.75, 3.05) is 7.05 Å². The van der Waals surface area contributed by atoms with E-state index in [9.17, 15) is 4.39 Å². The van der Waals surface area contributed by atoms with Crippen LogP contribution in [-0.2, 0) is 0 Å². The van der Waals surface area contributed by atoms with E-state index < -0.39 is 0 Å². The van der Waals surface area contributed by atoms with Gasteiger partial charge in [0, 0.05) is 11.6 Å². The fraction of sp³-hybridized carbons (Fsp3) is 0.300. The van der Waals surface area contributed by atoms with E-state index in [1.807, 2.05) is 13.0 Å². The molecule has 3 heteroatoms. The molecule has 0 radical (unpaired) electrons. The van der Waals surface area contributed by atoms with Crippen LogP contribution in [-0.4, -0.2) is 7.05 Å². The second-order valence-corrected chi connectivity index (χ2v) is 2.86. The van der Waals surface area contributed by atoms with Crippen molar-refractivity contribution in [1.82, 2.24) is 5.32 Å². The van der Waals surface area contributed by atoms with Crippen LogP contribution in [0.5, 0.6) is 0 Å². The van der Waals surface area contributed by atoms with E-state index in [4.69, 9.17) is 5.26 Å². The summed E-state index contributed by atoms with van der Waals surface area (Å²) in [6, 6.07) is 6.36. The first-order valence-electron chi connectivity index (χ1n) is 4.06. The molecule has 2 nitrogen and oxygen atoms in total. The number of nitriles is 1. The predicted molar refractivity (Wildman–Crippen MR) is 48.6 cm³/mol. The van der Waals surface area contributed by atoms with Crippen LogP contribution in [0, 0.1) is 17.1 Å². The zero-order chi connectivity index (χ0) is 9.84. The van der Waals surface area contributed by atoms with Gasteiger partial charge >= 0.3 is 0 Å². The largest absolute Gasteiger partial charge is 0.313 e. The quantitative estimate of drug-likeness (QED) is 0.751. The Morgan fingerprint density at radius 1 is 1.54 bits per heavy atom. The van der Waals surface area contributed by atoms with E-state index in [0.29, 0.717) is 11.1 Å². The molecular formula is C10H11FN2. The predicted octanol–water partition coefficient (Wildman–Crippen LogP) is 1.98. The van der Waals surface area contributed by atoms with Gasteiger partial charge in [0.15, 0.2) is 0 Å². The first-order valence-corrected chi connectivity index (χ1v) is 4.06. The van der Waals surface area contributed by atoms with E-state index in [1.165, 1.54) is 6.07 Å². The summed E-state index contributed by atoms with van der Waals surface area (Å²) in [4.78, 5) is 0. The fourth-order valence-corrected chi connectivity index (χ4v) is 1.10. The van der Waals surface area contributed by atoms with Gasteiger partial charge in [0.05, 0.1) is 11.6 Å². The van der Waals surface area contributed by atoms with E-state index in [-0.39, 0.29) is 11.9 Å². The molecule has 1 N–H and O–H groups in total. The SMILES string of the molecule is CNC(C)c1ccc(C#N)cc1F. The van der Waals surface area contributed by atoms with Crippen LogP contribution in [0.2, 0.25) is 0 Å². The van der Waals surface area contributed by atoms with Crippen molar-refractivity contribution < 1.29 is 4.39 Å². The van der Waals surface area contributed by atoms with Crippen molar-refractivity contribution in [2.24, 2.45) is 0 Å². The molecule has 0 fully saturated rings. The molecule has 1 aromatic carbocycles. The highest BCUT2D eigenvalue weighted by atomic mass is 19.1. The van der Waals surface area contributed by atoms with E-state index in [1.54, 1.807) is 19.2 Å². The highest BCUT2D eigenvalue weighted by molar-refractivity contribution is 5.33. The van der Waals surface area contributed by atoms with Crippen LogP contribution >= 0.6 is 0 Å². The van der Waals surface area contributed by atoms with Crippen LogP contribution in [0.3, 0.4) is 0 Å². The molecule has 0 aliphatic rings. The second kappa shape index (κ2) is 4.01. The van der Waals surface area contributed by atoms with Crippen molar-refractivity contribution in [3.8, 4) is 6.07 Å². The molecule has 0 saturated heterocycles. The van der Waals surface area contributed by atoms with E-state index in [2.05, 4.69) is 5.32 Å². The van der Waals surface area contributed by atoms with Gasteiger partial charge in [-0.25, -0.2) is 4.39 Å². The molecule has 0 spiro atoms. The van der Waals surface area contributed by atoms with Gasteiger partial charge in [-0.2, -0.15) is 5.26 Å². The summed E-state index contributed by atoms with van der Waals surface area (Å²) in [5, 5.41) is 11.5. The Bertz CT molecular complexity index is 341. The van der Waals surface area contributed by atoms with Crippen LogP contribution in [0.4, 0.5) is 4.39 Å². The number of hydrogen-bond acceptors (Lipinski definition) is 2. The molecule has 0 bridgehead atoms. The van der Waals surface area contributed by atoms with Crippen molar-refractivity contribution >= 4 is 0 Å². The number of nitrogens with one attached hydrogen (secondary N) is 1. The first kappa shape index (κ1) is 9.69. The Balaban J connectivity index is 3.07. The fourth-order valence-electron chi connectivity index (χ4n) is 1.10. The highest BCUT2D eigenvalue weighted by Crippen LogP contribution is 2.17. The van der Waals surface area contributed by atoms with Crippen molar-refractivity contribution in [3.63, 3.8) is 0 Å². The van der Waals surface area contributed by atoms with Gasteiger partial charge in [-0.05, 0) is 26.1 Å². The lowest BCUT2D eigenvalue weighted by Gasteiger charge is -2.11. The molecule has 0 saturated carbocycles. The van der Waals surface area contributed by atoms with Gasteiger partial charge in [0.1, 0.15) is 5.82 Å². The Kier molecular flexibility index (Phi) is 2.99. The molecule has 0 aliphatic heterocycles. The Hall–Kier alpha value is -1.40. The Morgan fingerprint density at radius 2 is 2.23 bits per heavy atom. The van der Waals surface area contributed by atoms with E-state index >= 15 is 0 Å². The molecule has 0 aromatic heterocycles. The Morgan fingerprint density at radius 3 is 2.69 bits per heavy atom. The molecule has 0 heterocycles. The number of hydrogen-bond donors (Lipinski definition) is 1. The average molecular weight is 178 g/mol. The third-order valence-corrected chi connectivity index (χ3v) is 2.03. The van der Waals surface area contributed by atoms with Crippen molar-refractivity contribution in [3.05, 3.63) is 35.1 Å². The Labute approximate surface area is 77.0 Å². The maximum atomic E-state index is 13.3. The summed E-state index contributed by atoms with van der Waals surface area (Å²) in [5.74, 6) is -0.332. The van der Waals surface area contributed by atoms with Gasteiger partial charge in [-0.1, -0.05) is 6.07 Å². The maximum absolute atomic E-state index is 13.3. The summed E-state index contributed by atoms with van der Waals surface area (Å²) in [5.41, 5.74) is 0.936. The topological polar surface area (TPSA) is 35.8 Å². The molecule has 1 unspecified atom stereocenters. The van der Waals surface area contributed by atoms with Crippen LogP contribution in [0.1, 0.15) is 24.1 Å². The average Bonchev–Trinajstić information content (AvgIpc) is 2.16. The molecule has 68 valence electrons. The standard InChI is InChI=1S/C10H11FN2/c1-7(13-2)9-4-3-8(6-12)5-10(9)11/h3-5,7,13H,1-2H3. The van der Waals surface area contributed by atoms with Gasteiger partial charge < -0.3 is 5.32 Å². The summed E-state index contributed by atoms with van der Waals surface area (Å²) in [7, 11) is 1.77. The third-order valence-electron chi connectivity index (χ3n) is 2.03. The number of halogens is 1. The van der Waals surface area contributed by atoms with Crippen LogP contribution in [0.25, 0.3) is 0 Å². The summed E-state index contributed by atoms with van der Waals surface area (Å²) in [6.45, 7) is 1.87. The maximum Gasteiger partial charge on any atom is 0.129 e. The van der Waals surface area contributed by atoms with Crippen molar-refractivity contribution in [1.29, 1.82) is 5.26 Å². The third kappa shape index (κ3) is 2.04. The number of benzene rings is 1. The zero-order valence-corrected chi connectivity index (χ0v) is 7.63.